The second-order valence-electron chi connectivity index (χ2n) is 7.42. The van der Waals surface area contributed by atoms with E-state index in [0.717, 1.165) is 5.56 Å². The van der Waals surface area contributed by atoms with E-state index in [1.54, 1.807) is 45.0 Å². The maximum absolute atomic E-state index is 13.1. The number of amides is 3. The third-order valence-electron chi connectivity index (χ3n) is 5.05. The van der Waals surface area contributed by atoms with E-state index in [-0.39, 0.29) is 12.5 Å². The summed E-state index contributed by atoms with van der Waals surface area (Å²) in [5, 5.41) is 8.39. The molecule has 0 fully saturated rings. The summed E-state index contributed by atoms with van der Waals surface area (Å²) in [6, 6.07) is 13.3. The van der Waals surface area contributed by atoms with Gasteiger partial charge in [-0.15, -0.1) is 0 Å². The van der Waals surface area contributed by atoms with Crippen molar-refractivity contribution in [3.8, 4) is 5.75 Å². The Morgan fingerprint density at radius 2 is 1.78 bits per heavy atom. The summed E-state index contributed by atoms with van der Waals surface area (Å²) in [5.41, 5.74) is 3.21. The van der Waals surface area contributed by atoms with Crippen molar-refractivity contribution in [3.05, 3.63) is 70.9 Å². The number of urea groups is 1. The van der Waals surface area contributed by atoms with Crippen molar-refractivity contribution in [1.82, 2.24) is 10.6 Å². The minimum atomic E-state index is -0.753. The van der Waals surface area contributed by atoms with E-state index in [0.29, 0.717) is 28.3 Å². The molecule has 3 amide bonds. The molecule has 0 unspecified atom stereocenters. The number of esters is 1. The van der Waals surface area contributed by atoms with Gasteiger partial charge in [0, 0.05) is 11.4 Å². The first-order valence-corrected chi connectivity index (χ1v) is 10.4. The zero-order valence-electron chi connectivity index (χ0n) is 18.5. The summed E-state index contributed by atoms with van der Waals surface area (Å²) >= 11 is 0. The van der Waals surface area contributed by atoms with Crippen LogP contribution in [-0.2, 0) is 14.3 Å². The largest absolute Gasteiger partial charge is 0.479 e. The Hall–Kier alpha value is -3.81. The van der Waals surface area contributed by atoms with E-state index in [1.807, 2.05) is 31.2 Å². The van der Waals surface area contributed by atoms with Gasteiger partial charge in [-0.05, 0) is 57.0 Å². The van der Waals surface area contributed by atoms with Gasteiger partial charge in [0.25, 0.3) is 5.91 Å². The van der Waals surface area contributed by atoms with Crippen LogP contribution in [0.25, 0.3) is 0 Å². The smallest absolute Gasteiger partial charge is 0.347 e. The molecule has 32 heavy (non-hydrogen) atoms. The number of nitrogens with one attached hydrogen (secondary N) is 3. The van der Waals surface area contributed by atoms with Crippen LogP contribution < -0.4 is 20.7 Å². The molecular formula is C24H27N3O5. The Balaban J connectivity index is 1.82. The Kier molecular flexibility index (Phi) is 7.14. The lowest BCUT2D eigenvalue weighted by molar-refractivity contribution is -0.150. The first-order valence-electron chi connectivity index (χ1n) is 10.4. The van der Waals surface area contributed by atoms with Crippen LogP contribution in [0.2, 0.25) is 0 Å². The molecule has 0 aliphatic carbocycles. The van der Waals surface area contributed by atoms with Crippen LogP contribution in [0.5, 0.6) is 5.75 Å². The van der Waals surface area contributed by atoms with Crippen LogP contribution in [0.15, 0.2) is 59.8 Å². The number of hydrogen-bond acceptors (Lipinski definition) is 5. The molecule has 0 saturated heterocycles. The molecule has 0 aromatic heterocycles. The molecule has 0 saturated carbocycles. The summed E-state index contributed by atoms with van der Waals surface area (Å²) in [5.74, 6) is -0.289. The number of benzene rings is 2. The second kappa shape index (κ2) is 10.00. The average molecular weight is 437 g/mol. The zero-order valence-corrected chi connectivity index (χ0v) is 18.5. The predicted molar refractivity (Wildman–Crippen MR) is 120 cm³/mol. The van der Waals surface area contributed by atoms with Gasteiger partial charge in [-0.3, -0.25) is 4.79 Å². The molecule has 3 rings (SSSR count). The normalized spacial score (nSPS) is 16.5. The van der Waals surface area contributed by atoms with Crippen LogP contribution in [0.4, 0.5) is 10.5 Å². The number of rotatable bonds is 7. The molecule has 1 aliphatic heterocycles. The topological polar surface area (TPSA) is 106 Å². The third kappa shape index (κ3) is 5.26. The standard InChI is InChI=1S/C24H27N3O5/c1-5-31-23(29)16(4)32-18-12-10-17(11-13-18)21-20(15(3)25-24(30)27-21)22(28)26-19-9-7-6-8-14(19)2/h6-13,16,21H,5H2,1-4H3,(H,26,28)(H2,25,27,30)/t16-,21+/m0/s1. The third-order valence-corrected chi connectivity index (χ3v) is 5.05. The average Bonchev–Trinajstić information content (AvgIpc) is 2.75. The fourth-order valence-electron chi connectivity index (χ4n) is 3.40. The van der Waals surface area contributed by atoms with Crippen molar-refractivity contribution in [1.29, 1.82) is 0 Å². The molecule has 2 aromatic carbocycles. The first kappa shape index (κ1) is 22.9. The molecule has 0 radical (unpaired) electrons. The fraction of sp³-hybridized carbons (Fsp3) is 0.292. The van der Waals surface area contributed by atoms with E-state index in [2.05, 4.69) is 16.0 Å². The Morgan fingerprint density at radius 3 is 2.44 bits per heavy atom. The SMILES string of the molecule is CCOC(=O)[C@H](C)Oc1ccc([C@H]2NC(=O)NC(C)=C2C(=O)Nc2ccccc2C)cc1. The van der Waals surface area contributed by atoms with E-state index >= 15 is 0 Å². The fourth-order valence-corrected chi connectivity index (χ4v) is 3.40. The minimum absolute atomic E-state index is 0.278. The quantitative estimate of drug-likeness (QED) is 0.574. The van der Waals surface area contributed by atoms with E-state index in [4.69, 9.17) is 9.47 Å². The molecule has 2 aromatic rings. The molecule has 8 nitrogen and oxygen atoms in total. The monoisotopic (exact) mass is 437 g/mol. The van der Waals surface area contributed by atoms with Crippen molar-refractivity contribution in [2.45, 2.75) is 39.8 Å². The summed E-state index contributed by atoms with van der Waals surface area (Å²) in [4.78, 5) is 37.0. The van der Waals surface area contributed by atoms with Gasteiger partial charge in [0.05, 0.1) is 18.2 Å². The molecular weight excluding hydrogens is 410 g/mol. The van der Waals surface area contributed by atoms with Crippen LogP contribution in [0.1, 0.15) is 37.9 Å². The molecule has 168 valence electrons. The molecule has 2 atom stereocenters. The molecule has 0 bridgehead atoms. The maximum atomic E-state index is 13.1. The highest BCUT2D eigenvalue weighted by atomic mass is 16.6. The summed E-state index contributed by atoms with van der Waals surface area (Å²) in [6.45, 7) is 7.22. The molecule has 1 heterocycles. The van der Waals surface area contributed by atoms with Gasteiger partial charge in [0.1, 0.15) is 5.75 Å². The van der Waals surface area contributed by atoms with Gasteiger partial charge >= 0.3 is 12.0 Å². The maximum Gasteiger partial charge on any atom is 0.347 e. The number of carbonyl (C=O) groups is 3. The molecule has 3 N–H and O–H groups in total. The van der Waals surface area contributed by atoms with Crippen LogP contribution in [0.3, 0.4) is 0 Å². The lowest BCUT2D eigenvalue weighted by atomic mass is 9.94. The van der Waals surface area contributed by atoms with Gasteiger partial charge < -0.3 is 25.4 Å². The van der Waals surface area contributed by atoms with E-state index < -0.39 is 24.1 Å². The van der Waals surface area contributed by atoms with Crippen molar-refractivity contribution in [3.63, 3.8) is 0 Å². The summed E-state index contributed by atoms with van der Waals surface area (Å²) in [6.07, 6.45) is -0.753. The van der Waals surface area contributed by atoms with Gasteiger partial charge in [-0.25, -0.2) is 9.59 Å². The number of allylic oxidation sites excluding steroid dienone is 1. The number of para-hydroxylation sites is 1. The molecule has 0 spiro atoms. The predicted octanol–water partition coefficient (Wildman–Crippen LogP) is 3.59. The highest BCUT2D eigenvalue weighted by Gasteiger charge is 2.31. The van der Waals surface area contributed by atoms with Crippen LogP contribution in [0, 0.1) is 6.92 Å². The Labute approximate surface area is 187 Å². The lowest BCUT2D eigenvalue weighted by Crippen LogP contribution is -2.46. The number of aryl methyl sites for hydroxylation is 1. The minimum Gasteiger partial charge on any atom is -0.479 e. The van der Waals surface area contributed by atoms with Gasteiger partial charge in [-0.2, -0.15) is 0 Å². The summed E-state index contributed by atoms with van der Waals surface area (Å²) < 4.78 is 10.6. The van der Waals surface area contributed by atoms with Gasteiger partial charge in [0.2, 0.25) is 0 Å². The summed E-state index contributed by atoms with van der Waals surface area (Å²) in [7, 11) is 0. The van der Waals surface area contributed by atoms with Crippen molar-refractivity contribution in [2.24, 2.45) is 0 Å². The van der Waals surface area contributed by atoms with E-state index in [1.165, 1.54) is 0 Å². The van der Waals surface area contributed by atoms with Crippen molar-refractivity contribution >= 4 is 23.6 Å². The molecule has 1 aliphatic rings. The molecule has 8 heteroatoms. The van der Waals surface area contributed by atoms with Crippen LogP contribution in [-0.4, -0.2) is 30.6 Å². The number of ether oxygens (including phenoxy) is 2. The zero-order chi connectivity index (χ0) is 23.3. The van der Waals surface area contributed by atoms with E-state index in [9.17, 15) is 14.4 Å². The van der Waals surface area contributed by atoms with Crippen molar-refractivity contribution < 1.29 is 23.9 Å². The van der Waals surface area contributed by atoms with Crippen molar-refractivity contribution in [2.75, 3.05) is 11.9 Å². The highest BCUT2D eigenvalue weighted by molar-refractivity contribution is 6.07. The number of carbonyl (C=O) groups excluding carboxylic acids is 3. The van der Waals surface area contributed by atoms with Crippen LogP contribution >= 0.6 is 0 Å². The number of anilines is 1. The Morgan fingerprint density at radius 1 is 1.09 bits per heavy atom. The Bertz CT molecular complexity index is 1050. The van der Waals surface area contributed by atoms with Gasteiger partial charge in [0.15, 0.2) is 6.10 Å². The number of hydrogen-bond donors (Lipinski definition) is 3. The second-order valence-corrected chi connectivity index (χ2v) is 7.42. The first-order chi connectivity index (χ1) is 15.3. The highest BCUT2D eigenvalue weighted by Crippen LogP contribution is 2.29. The lowest BCUT2D eigenvalue weighted by Gasteiger charge is -2.29. The van der Waals surface area contributed by atoms with Gasteiger partial charge in [-0.1, -0.05) is 30.3 Å².